The van der Waals surface area contributed by atoms with E-state index in [0.29, 0.717) is 11.1 Å². The molecule has 5 heteroatoms. The molecule has 1 amide bonds. The predicted octanol–water partition coefficient (Wildman–Crippen LogP) is 1.29. The van der Waals surface area contributed by atoms with Crippen LogP contribution in [0.5, 0.6) is 0 Å². The molecule has 0 saturated heterocycles. The Morgan fingerprint density at radius 2 is 2.00 bits per heavy atom. The van der Waals surface area contributed by atoms with Gasteiger partial charge in [-0.15, -0.1) is 0 Å². The number of amides is 1. The fraction of sp³-hybridized carbons (Fsp3) is 0.286. The van der Waals surface area contributed by atoms with Crippen molar-refractivity contribution in [2.75, 3.05) is 27.2 Å². The number of carbonyl (C=O) groups is 2. The van der Waals surface area contributed by atoms with E-state index < -0.39 is 0 Å². The van der Waals surface area contributed by atoms with Crippen LogP contribution in [0.2, 0.25) is 0 Å². The normalized spacial score (nSPS) is 10.9. The SMILES string of the molecule is CNC(=O)CN(C)CC(=O)c1coc2ccccc12. The third kappa shape index (κ3) is 3.00. The molecule has 0 spiro atoms. The predicted molar refractivity (Wildman–Crippen MR) is 72.1 cm³/mol. The van der Waals surface area contributed by atoms with E-state index in [9.17, 15) is 9.59 Å². The number of para-hydroxylation sites is 1. The number of hydrogen-bond donors (Lipinski definition) is 1. The molecule has 1 aromatic carbocycles. The van der Waals surface area contributed by atoms with Gasteiger partial charge in [0, 0.05) is 12.4 Å². The molecule has 1 N–H and O–H groups in total. The average molecular weight is 260 g/mol. The number of nitrogens with one attached hydrogen (secondary N) is 1. The fourth-order valence-corrected chi connectivity index (χ4v) is 1.90. The zero-order valence-corrected chi connectivity index (χ0v) is 11.0. The van der Waals surface area contributed by atoms with Crippen LogP contribution < -0.4 is 5.32 Å². The molecule has 0 bridgehead atoms. The van der Waals surface area contributed by atoms with Crippen LogP contribution in [0.1, 0.15) is 10.4 Å². The van der Waals surface area contributed by atoms with E-state index in [2.05, 4.69) is 5.32 Å². The zero-order valence-electron chi connectivity index (χ0n) is 11.0. The van der Waals surface area contributed by atoms with Gasteiger partial charge in [-0.1, -0.05) is 18.2 Å². The highest BCUT2D eigenvalue weighted by molar-refractivity contribution is 6.08. The van der Waals surface area contributed by atoms with Crippen molar-refractivity contribution < 1.29 is 14.0 Å². The fourth-order valence-electron chi connectivity index (χ4n) is 1.90. The molecule has 1 aromatic heterocycles. The van der Waals surface area contributed by atoms with Crippen molar-refractivity contribution in [1.82, 2.24) is 10.2 Å². The van der Waals surface area contributed by atoms with Gasteiger partial charge in [-0.3, -0.25) is 14.5 Å². The van der Waals surface area contributed by atoms with E-state index in [1.807, 2.05) is 24.3 Å². The van der Waals surface area contributed by atoms with Crippen molar-refractivity contribution in [2.24, 2.45) is 0 Å². The number of benzene rings is 1. The number of ketones is 1. The number of carbonyl (C=O) groups excluding carboxylic acids is 2. The topological polar surface area (TPSA) is 62.6 Å². The smallest absolute Gasteiger partial charge is 0.233 e. The molecule has 0 aliphatic rings. The highest BCUT2D eigenvalue weighted by Gasteiger charge is 2.16. The van der Waals surface area contributed by atoms with Crippen molar-refractivity contribution in [2.45, 2.75) is 0 Å². The summed E-state index contributed by atoms with van der Waals surface area (Å²) in [6, 6.07) is 7.39. The molecule has 1 heterocycles. The van der Waals surface area contributed by atoms with E-state index in [0.717, 1.165) is 5.39 Å². The number of hydrogen-bond acceptors (Lipinski definition) is 4. The van der Waals surface area contributed by atoms with Crippen molar-refractivity contribution >= 4 is 22.7 Å². The van der Waals surface area contributed by atoms with E-state index in [1.165, 1.54) is 6.26 Å². The number of nitrogens with zero attached hydrogens (tertiary/aromatic N) is 1. The Morgan fingerprint density at radius 1 is 1.26 bits per heavy atom. The first kappa shape index (κ1) is 13.3. The van der Waals surface area contributed by atoms with Crippen LogP contribution in [-0.4, -0.2) is 43.8 Å². The second kappa shape index (κ2) is 5.67. The number of fused-ring (bicyclic) bond motifs is 1. The molecule has 2 aromatic rings. The molecule has 100 valence electrons. The lowest BCUT2D eigenvalue weighted by atomic mass is 10.1. The minimum absolute atomic E-state index is 0.0589. The number of rotatable bonds is 5. The monoisotopic (exact) mass is 260 g/mol. The Labute approximate surface area is 111 Å². The van der Waals surface area contributed by atoms with Gasteiger partial charge < -0.3 is 9.73 Å². The standard InChI is InChI=1S/C14H16N2O3/c1-15-14(18)8-16(2)7-12(17)11-9-19-13-6-4-3-5-10(11)13/h3-6,9H,7-8H2,1-2H3,(H,15,18). The van der Waals surface area contributed by atoms with Crippen molar-refractivity contribution in [3.63, 3.8) is 0 Å². The van der Waals surface area contributed by atoms with Gasteiger partial charge in [0.1, 0.15) is 11.8 Å². The van der Waals surface area contributed by atoms with Crippen LogP contribution in [0.15, 0.2) is 34.9 Å². The second-order valence-electron chi connectivity index (χ2n) is 4.41. The molecule has 5 nitrogen and oxygen atoms in total. The quantitative estimate of drug-likeness (QED) is 0.823. The van der Waals surface area contributed by atoms with Gasteiger partial charge in [-0.25, -0.2) is 0 Å². The number of furan rings is 1. The minimum Gasteiger partial charge on any atom is -0.464 e. The number of Topliss-reactive ketones (excluding diaryl/α,β-unsaturated/α-hetero) is 1. The largest absolute Gasteiger partial charge is 0.464 e. The Morgan fingerprint density at radius 3 is 2.74 bits per heavy atom. The van der Waals surface area contributed by atoms with Gasteiger partial charge in [0.05, 0.1) is 18.7 Å². The Bertz CT molecular complexity index is 604. The van der Waals surface area contributed by atoms with E-state index in [1.54, 1.807) is 19.0 Å². The van der Waals surface area contributed by atoms with E-state index in [4.69, 9.17) is 4.42 Å². The molecule has 0 aliphatic carbocycles. The summed E-state index contributed by atoms with van der Waals surface area (Å²) in [5.41, 5.74) is 1.25. The molecular weight excluding hydrogens is 244 g/mol. The van der Waals surface area contributed by atoms with Crippen LogP contribution >= 0.6 is 0 Å². The van der Waals surface area contributed by atoms with Gasteiger partial charge in [-0.05, 0) is 13.1 Å². The van der Waals surface area contributed by atoms with Crippen LogP contribution in [0.25, 0.3) is 11.0 Å². The summed E-state index contributed by atoms with van der Waals surface area (Å²) in [6.45, 7) is 0.370. The molecule has 0 saturated carbocycles. The Kier molecular flexibility index (Phi) is 3.97. The molecule has 0 aliphatic heterocycles. The molecule has 0 fully saturated rings. The van der Waals surface area contributed by atoms with E-state index >= 15 is 0 Å². The molecule has 19 heavy (non-hydrogen) atoms. The second-order valence-corrected chi connectivity index (χ2v) is 4.41. The summed E-state index contributed by atoms with van der Waals surface area (Å²) in [5.74, 6) is -0.177. The molecule has 0 unspecified atom stereocenters. The number of likely N-dealkylation sites (N-methyl/N-ethyl adjacent to an activating group) is 2. The van der Waals surface area contributed by atoms with Crippen LogP contribution in [-0.2, 0) is 4.79 Å². The lowest BCUT2D eigenvalue weighted by Gasteiger charge is -2.13. The molecular formula is C14H16N2O3. The van der Waals surface area contributed by atoms with Crippen molar-refractivity contribution in [3.8, 4) is 0 Å². The Balaban J connectivity index is 2.10. The van der Waals surface area contributed by atoms with Crippen LogP contribution in [0.4, 0.5) is 0 Å². The maximum atomic E-state index is 12.2. The summed E-state index contributed by atoms with van der Waals surface area (Å²) in [6.07, 6.45) is 1.47. The molecule has 2 rings (SSSR count). The summed E-state index contributed by atoms with van der Waals surface area (Å²) in [4.78, 5) is 25.1. The Hall–Kier alpha value is -2.14. The molecule has 0 radical (unpaired) electrons. The van der Waals surface area contributed by atoms with Crippen molar-refractivity contribution in [1.29, 1.82) is 0 Å². The van der Waals surface area contributed by atoms with E-state index in [-0.39, 0.29) is 24.8 Å². The zero-order chi connectivity index (χ0) is 13.8. The lowest BCUT2D eigenvalue weighted by molar-refractivity contribution is -0.121. The first-order valence-corrected chi connectivity index (χ1v) is 6.00. The summed E-state index contributed by atoms with van der Waals surface area (Å²) in [5, 5.41) is 3.33. The van der Waals surface area contributed by atoms with Crippen LogP contribution in [0.3, 0.4) is 0 Å². The minimum atomic E-state index is -0.118. The lowest BCUT2D eigenvalue weighted by Crippen LogP contribution is -2.36. The summed E-state index contributed by atoms with van der Waals surface area (Å²) < 4.78 is 5.34. The van der Waals surface area contributed by atoms with Gasteiger partial charge in [0.2, 0.25) is 5.91 Å². The maximum Gasteiger partial charge on any atom is 0.233 e. The third-order valence-corrected chi connectivity index (χ3v) is 2.89. The highest BCUT2D eigenvalue weighted by Crippen LogP contribution is 2.21. The van der Waals surface area contributed by atoms with Crippen molar-refractivity contribution in [3.05, 3.63) is 36.1 Å². The van der Waals surface area contributed by atoms with Gasteiger partial charge in [0.15, 0.2) is 5.78 Å². The first-order chi connectivity index (χ1) is 9.11. The van der Waals surface area contributed by atoms with Gasteiger partial charge >= 0.3 is 0 Å². The average Bonchev–Trinajstić information content (AvgIpc) is 2.82. The van der Waals surface area contributed by atoms with Gasteiger partial charge in [0.25, 0.3) is 0 Å². The summed E-state index contributed by atoms with van der Waals surface area (Å²) >= 11 is 0. The maximum absolute atomic E-state index is 12.2. The van der Waals surface area contributed by atoms with Crippen LogP contribution in [0, 0.1) is 0 Å². The third-order valence-electron chi connectivity index (χ3n) is 2.89. The first-order valence-electron chi connectivity index (χ1n) is 6.00. The molecule has 0 atom stereocenters. The van der Waals surface area contributed by atoms with Gasteiger partial charge in [-0.2, -0.15) is 0 Å². The highest BCUT2D eigenvalue weighted by atomic mass is 16.3. The summed E-state index contributed by atoms with van der Waals surface area (Å²) in [7, 11) is 3.30.